The number of hydrogen-bond acceptors (Lipinski definition) is 5. The molecule has 0 saturated carbocycles. The number of nitrogens with zero attached hydrogens (tertiary/aromatic N) is 1. The molecule has 0 radical (unpaired) electrons. The number of anilines is 2. The van der Waals surface area contributed by atoms with E-state index in [-0.39, 0.29) is 5.97 Å². The van der Waals surface area contributed by atoms with Gasteiger partial charge in [-0.1, -0.05) is 25.5 Å². The van der Waals surface area contributed by atoms with Crippen LogP contribution >= 0.6 is 0 Å². The minimum Gasteiger partial charge on any atom is -0.462 e. The van der Waals surface area contributed by atoms with Crippen LogP contribution in [0.4, 0.5) is 11.4 Å². The quantitative estimate of drug-likeness (QED) is 0.484. The van der Waals surface area contributed by atoms with Gasteiger partial charge in [-0.3, -0.25) is 4.98 Å². The van der Waals surface area contributed by atoms with Gasteiger partial charge in [0.15, 0.2) is 0 Å². The highest BCUT2D eigenvalue weighted by atomic mass is 16.5. The van der Waals surface area contributed by atoms with Crippen molar-refractivity contribution in [3.63, 3.8) is 0 Å². The number of nitrogens with one attached hydrogen (secondary N) is 1. The largest absolute Gasteiger partial charge is 0.462 e. The van der Waals surface area contributed by atoms with Crippen LogP contribution in [0.5, 0.6) is 0 Å². The molecule has 0 fully saturated rings. The zero-order chi connectivity index (χ0) is 15.2. The topological polar surface area (TPSA) is 77.2 Å². The summed E-state index contributed by atoms with van der Waals surface area (Å²) in [6.07, 6.45) is 3.63. The molecule has 1 aromatic heterocycles. The van der Waals surface area contributed by atoms with E-state index < -0.39 is 0 Å². The average Bonchev–Trinajstić information content (AvgIpc) is 2.48. The molecule has 1 aromatic carbocycles. The van der Waals surface area contributed by atoms with Crippen molar-refractivity contribution >= 4 is 28.2 Å². The number of hydrogen-bond donors (Lipinski definition) is 2. The third-order valence-electron chi connectivity index (χ3n) is 3.26. The number of nitrogens with two attached hydrogens (primary N) is 1. The molecule has 2 rings (SSSR count). The molecule has 5 heteroatoms. The fourth-order valence-corrected chi connectivity index (χ4v) is 2.19. The summed E-state index contributed by atoms with van der Waals surface area (Å²) < 4.78 is 5.10. The standard InChI is InChI=1S/C16H21N3O2/c1-3-5-9-18-14-11-7-6-8-13(17)15(11)19-10-12(14)16(20)21-4-2/h6-8,10H,3-5,9,17H2,1-2H3,(H,18,19). The van der Waals surface area contributed by atoms with Crippen LogP contribution in [0.3, 0.4) is 0 Å². The average molecular weight is 287 g/mol. The lowest BCUT2D eigenvalue weighted by Gasteiger charge is -2.14. The van der Waals surface area contributed by atoms with Crippen LogP contribution < -0.4 is 11.1 Å². The van der Waals surface area contributed by atoms with E-state index in [0.29, 0.717) is 23.4 Å². The maximum Gasteiger partial charge on any atom is 0.341 e. The third kappa shape index (κ3) is 3.24. The van der Waals surface area contributed by atoms with Crippen molar-refractivity contribution in [1.29, 1.82) is 0 Å². The molecule has 5 nitrogen and oxygen atoms in total. The highest BCUT2D eigenvalue weighted by Gasteiger charge is 2.17. The highest BCUT2D eigenvalue weighted by Crippen LogP contribution is 2.29. The van der Waals surface area contributed by atoms with Crippen molar-refractivity contribution in [2.75, 3.05) is 24.2 Å². The summed E-state index contributed by atoms with van der Waals surface area (Å²) in [5, 5.41) is 4.17. The molecular weight excluding hydrogens is 266 g/mol. The summed E-state index contributed by atoms with van der Waals surface area (Å²) in [6.45, 7) is 5.03. The van der Waals surface area contributed by atoms with E-state index in [2.05, 4.69) is 17.2 Å². The molecule has 0 aliphatic carbocycles. The molecule has 3 N–H and O–H groups in total. The summed E-state index contributed by atoms with van der Waals surface area (Å²) >= 11 is 0. The van der Waals surface area contributed by atoms with Gasteiger partial charge < -0.3 is 15.8 Å². The van der Waals surface area contributed by atoms with Crippen LogP contribution in [0.25, 0.3) is 10.9 Å². The van der Waals surface area contributed by atoms with E-state index in [1.165, 1.54) is 6.20 Å². The minimum atomic E-state index is -0.367. The Labute approximate surface area is 124 Å². The number of esters is 1. The lowest BCUT2D eigenvalue weighted by Crippen LogP contribution is -2.12. The van der Waals surface area contributed by atoms with Gasteiger partial charge in [-0.25, -0.2) is 4.79 Å². The van der Waals surface area contributed by atoms with E-state index in [1.54, 1.807) is 13.0 Å². The van der Waals surface area contributed by atoms with Crippen LogP contribution in [0, 0.1) is 0 Å². The normalized spacial score (nSPS) is 10.6. The third-order valence-corrected chi connectivity index (χ3v) is 3.26. The number of unbranched alkanes of at least 4 members (excludes halogenated alkanes) is 1. The lowest BCUT2D eigenvalue weighted by molar-refractivity contribution is 0.0527. The van der Waals surface area contributed by atoms with Crippen LogP contribution in [0.15, 0.2) is 24.4 Å². The number of ether oxygens (including phenoxy) is 1. The maximum atomic E-state index is 12.1. The van der Waals surface area contributed by atoms with Gasteiger partial charge in [0.05, 0.1) is 23.5 Å². The SMILES string of the molecule is CCCCNc1c(C(=O)OCC)cnc2c(N)cccc12. The summed E-state index contributed by atoms with van der Waals surface area (Å²) in [5.41, 5.74) is 8.45. The summed E-state index contributed by atoms with van der Waals surface area (Å²) in [4.78, 5) is 16.4. The Kier molecular flexibility index (Phi) is 4.98. The number of aromatic nitrogens is 1. The Bertz CT molecular complexity index is 641. The predicted octanol–water partition coefficient (Wildman–Crippen LogP) is 3.21. The van der Waals surface area contributed by atoms with Crippen molar-refractivity contribution in [3.05, 3.63) is 30.0 Å². The van der Waals surface area contributed by atoms with Crippen LogP contribution in [0.2, 0.25) is 0 Å². The molecule has 2 aromatic rings. The van der Waals surface area contributed by atoms with Gasteiger partial charge in [-0.05, 0) is 19.4 Å². The van der Waals surface area contributed by atoms with Gasteiger partial charge in [-0.15, -0.1) is 0 Å². The molecule has 0 saturated heterocycles. The van der Waals surface area contributed by atoms with Crippen LogP contribution in [-0.4, -0.2) is 24.1 Å². The van der Waals surface area contributed by atoms with Gasteiger partial charge in [0.25, 0.3) is 0 Å². The zero-order valence-electron chi connectivity index (χ0n) is 12.5. The molecule has 0 atom stereocenters. The first-order valence-corrected chi connectivity index (χ1v) is 7.27. The number of benzene rings is 1. The number of para-hydroxylation sites is 1. The highest BCUT2D eigenvalue weighted by molar-refractivity contribution is 6.07. The number of carbonyl (C=O) groups excluding carboxylic acids is 1. The smallest absolute Gasteiger partial charge is 0.341 e. The summed E-state index contributed by atoms with van der Waals surface area (Å²) in [6, 6.07) is 5.57. The first kappa shape index (κ1) is 15.1. The first-order chi connectivity index (χ1) is 10.2. The van der Waals surface area contributed by atoms with Gasteiger partial charge >= 0.3 is 5.97 Å². The Balaban J connectivity index is 2.51. The Morgan fingerprint density at radius 1 is 1.38 bits per heavy atom. The van der Waals surface area contributed by atoms with Crippen LogP contribution in [0.1, 0.15) is 37.0 Å². The number of nitrogen functional groups attached to an aromatic ring is 1. The first-order valence-electron chi connectivity index (χ1n) is 7.27. The number of rotatable bonds is 6. The van der Waals surface area contributed by atoms with Gasteiger partial charge in [0.2, 0.25) is 0 Å². The lowest BCUT2D eigenvalue weighted by atomic mass is 10.1. The van der Waals surface area contributed by atoms with Crippen molar-refractivity contribution in [1.82, 2.24) is 4.98 Å². The minimum absolute atomic E-state index is 0.336. The molecule has 21 heavy (non-hydrogen) atoms. The summed E-state index contributed by atoms with van der Waals surface area (Å²) in [7, 11) is 0. The van der Waals surface area contributed by atoms with Crippen LogP contribution in [-0.2, 0) is 4.74 Å². The van der Waals surface area contributed by atoms with Crippen molar-refractivity contribution < 1.29 is 9.53 Å². The fourth-order valence-electron chi connectivity index (χ4n) is 2.19. The number of fused-ring (bicyclic) bond motifs is 1. The fraction of sp³-hybridized carbons (Fsp3) is 0.375. The van der Waals surface area contributed by atoms with Gasteiger partial charge in [0, 0.05) is 18.1 Å². The molecule has 0 unspecified atom stereocenters. The molecule has 1 heterocycles. The Morgan fingerprint density at radius 2 is 2.19 bits per heavy atom. The molecular formula is C16H21N3O2. The second-order valence-corrected chi connectivity index (χ2v) is 4.79. The van der Waals surface area contributed by atoms with Crippen molar-refractivity contribution in [2.24, 2.45) is 0 Å². The van der Waals surface area contributed by atoms with E-state index in [9.17, 15) is 4.79 Å². The van der Waals surface area contributed by atoms with E-state index in [1.807, 2.05) is 12.1 Å². The monoisotopic (exact) mass is 287 g/mol. The molecule has 112 valence electrons. The van der Waals surface area contributed by atoms with Crippen molar-refractivity contribution in [2.45, 2.75) is 26.7 Å². The van der Waals surface area contributed by atoms with E-state index in [0.717, 1.165) is 30.5 Å². The number of pyridine rings is 1. The molecule has 0 spiro atoms. The van der Waals surface area contributed by atoms with E-state index in [4.69, 9.17) is 10.5 Å². The number of carbonyl (C=O) groups is 1. The van der Waals surface area contributed by atoms with Gasteiger partial charge in [0.1, 0.15) is 5.56 Å². The second kappa shape index (κ2) is 6.92. The Hall–Kier alpha value is -2.30. The predicted molar refractivity (Wildman–Crippen MR) is 85.5 cm³/mol. The van der Waals surface area contributed by atoms with Crippen molar-refractivity contribution in [3.8, 4) is 0 Å². The summed E-state index contributed by atoms with van der Waals surface area (Å²) in [5.74, 6) is -0.367. The molecule has 0 aliphatic rings. The molecule has 0 aliphatic heterocycles. The Morgan fingerprint density at radius 3 is 2.90 bits per heavy atom. The zero-order valence-corrected chi connectivity index (χ0v) is 12.5. The van der Waals surface area contributed by atoms with E-state index >= 15 is 0 Å². The second-order valence-electron chi connectivity index (χ2n) is 4.79. The molecule has 0 bridgehead atoms. The molecule has 0 amide bonds. The maximum absolute atomic E-state index is 12.1. The van der Waals surface area contributed by atoms with Gasteiger partial charge in [-0.2, -0.15) is 0 Å².